The van der Waals surface area contributed by atoms with Gasteiger partial charge in [-0.2, -0.15) is 13.2 Å². The van der Waals surface area contributed by atoms with Crippen LogP contribution in [0.4, 0.5) is 13.2 Å². The van der Waals surface area contributed by atoms with Crippen molar-refractivity contribution in [1.82, 2.24) is 9.80 Å². The smallest absolute Gasteiger partial charge is 0.416 e. The molecule has 0 aromatic heterocycles. The zero-order valence-corrected chi connectivity index (χ0v) is 18.0. The second-order valence-electron chi connectivity index (χ2n) is 8.84. The van der Waals surface area contributed by atoms with E-state index in [0.29, 0.717) is 42.5 Å². The van der Waals surface area contributed by atoms with Crippen LogP contribution < -0.4 is 0 Å². The highest BCUT2D eigenvalue weighted by Gasteiger charge is 2.51. The number of likely N-dealkylation sites (tertiary alicyclic amines) is 1. The number of piperidine rings is 1. The first-order valence-corrected chi connectivity index (χ1v) is 10.9. The predicted molar refractivity (Wildman–Crippen MR) is 109 cm³/mol. The number of rotatable bonds is 4. The van der Waals surface area contributed by atoms with Crippen LogP contribution in [0.3, 0.4) is 0 Å². The number of halogens is 3. The van der Waals surface area contributed by atoms with Crippen molar-refractivity contribution in [2.24, 2.45) is 0 Å². The van der Waals surface area contributed by atoms with Crippen molar-refractivity contribution in [2.75, 3.05) is 26.2 Å². The maximum absolute atomic E-state index is 13.2. The van der Waals surface area contributed by atoms with Crippen LogP contribution in [0.5, 0.6) is 0 Å². The van der Waals surface area contributed by atoms with E-state index >= 15 is 0 Å². The maximum Gasteiger partial charge on any atom is 0.416 e. The normalized spacial score (nSPS) is 23.2. The van der Waals surface area contributed by atoms with Crippen molar-refractivity contribution in [3.05, 3.63) is 46.0 Å². The average Bonchev–Trinajstić information content (AvgIpc) is 2.97. The van der Waals surface area contributed by atoms with Crippen LogP contribution in [-0.2, 0) is 28.7 Å². The van der Waals surface area contributed by atoms with E-state index in [1.165, 1.54) is 12.1 Å². The number of fused-ring (bicyclic) bond motifs is 1. The van der Waals surface area contributed by atoms with Gasteiger partial charge in [0.25, 0.3) is 0 Å². The van der Waals surface area contributed by atoms with Gasteiger partial charge in [0.1, 0.15) is 11.8 Å². The molecule has 5 nitrogen and oxygen atoms in total. The third-order valence-electron chi connectivity index (χ3n) is 6.87. The number of benzene rings is 1. The number of aliphatic hydroxyl groups is 1. The minimum absolute atomic E-state index is 0.198. The summed E-state index contributed by atoms with van der Waals surface area (Å²) in [6.07, 6.45) is -2.65. The molecule has 31 heavy (non-hydrogen) atoms. The molecular formula is C23H29F3N2O3. The molecule has 0 aliphatic carbocycles. The second kappa shape index (κ2) is 8.22. The Morgan fingerprint density at radius 1 is 1.19 bits per heavy atom. The van der Waals surface area contributed by atoms with E-state index in [1.807, 2.05) is 0 Å². The molecule has 1 atom stereocenters. The minimum atomic E-state index is -4.41. The van der Waals surface area contributed by atoms with E-state index in [1.54, 1.807) is 11.8 Å². The molecule has 0 radical (unpaired) electrons. The number of esters is 1. The van der Waals surface area contributed by atoms with Crippen molar-refractivity contribution in [1.29, 1.82) is 0 Å². The molecule has 3 heterocycles. The molecule has 1 fully saturated rings. The van der Waals surface area contributed by atoms with E-state index in [4.69, 9.17) is 4.74 Å². The molecule has 1 aromatic carbocycles. The molecule has 1 N–H and O–H groups in total. The van der Waals surface area contributed by atoms with E-state index in [2.05, 4.69) is 11.8 Å². The van der Waals surface area contributed by atoms with E-state index < -0.39 is 29.5 Å². The fraction of sp³-hybridized carbons (Fsp3) is 0.609. The van der Waals surface area contributed by atoms with Crippen molar-refractivity contribution in [2.45, 2.75) is 64.1 Å². The second-order valence-corrected chi connectivity index (χ2v) is 8.84. The van der Waals surface area contributed by atoms with Crippen molar-refractivity contribution in [3.63, 3.8) is 0 Å². The SMILES string of the molecule is CCCN1CCC2(CC1)OC(=O)C(C)=C2C(O)N1CCc2ccc(C(F)(F)F)cc2C1. The predicted octanol–water partition coefficient (Wildman–Crippen LogP) is 3.50. The monoisotopic (exact) mass is 438 g/mol. The number of aliphatic hydroxyl groups excluding tert-OH is 1. The summed E-state index contributed by atoms with van der Waals surface area (Å²) < 4.78 is 45.3. The Morgan fingerprint density at radius 3 is 2.55 bits per heavy atom. The van der Waals surface area contributed by atoms with Gasteiger partial charge in [0.15, 0.2) is 0 Å². The lowest BCUT2D eigenvalue weighted by atomic mass is 9.81. The third kappa shape index (κ3) is 4.13. The Labute approximate surface area is 180 Å². The molecule has 1 spiro atoms. The van der Waals surface area contributed by atoms with Crippen LogP contribution in [0.15, 0.2) is 29.3 Å². The summed E-state index contributed by atoms with van der Waals surface area (Å²) >= 11 is 0. The number of hydrogen-bond donors (Lipinski definition) is 1. The number of alkyl halides is 3. The first kappa shape index (κ1) is 22.3. The van der Waals surface area contributed by atoms with Crippen molar-refractivity contribution in [3.8, 4) is 0 Å². The molecule has 1 aromatic rings. The molecule has 0 bridgehead atoms. The Kier molecular flexibility index (Phi) is 5.91. The highest BCUT2D eigenvalue weighted by molar-refractivity contribution is 5.92. The highest BCUT2D eigenvalue weighted by atomic mass is 19.4. The van der Waals surface area contributed by atoms with E-state index in [9.17, 15) is 23.1 Å². The Balaban J connectivity index is 1.57. The van der Waals surface area contributed by atoms with Gasteiger partial charge in [-0.15, -0.1) is 0 Å². The zero-order valence-electron chi connectivity index (χ0n) is 18.0. The Morgan fingerprint density at radius 2 is 1.90 bits per heavy atom. The van der Waals surface area contributed by atoms with Crippen molar-refractivity contribution < 1.29 is 27.8 Å². The van der Waals surface area contributed by atoms with Crippen LogP contribution in [0, 0.1) is 0 Å². The zero-order chi connectivity index (χ0) is 22.4. The topological polar surface area (TPSA) is 53.0 Å². The molecule has 3 aliphatic heterocycles. The number of nitrogens with zero attached hydrogens (tertiary/aromatic N) is 2. The summed E-state index contributed by atoms with van der Waals surface area (Å²) in [7, 11) is 0. The lowest BCUT2D eigenvalue weighted by Crippen LogP contribution is -2.51. The molecule has 4 rings (SSSR count). The Bertz CT molecular complexity index is 889. The van der Waals surface area contributed by atoms with Gasteiger partial charge in [-0.3, -0.25) is 4.90 Å². The summed E-state index contributed by atoms with van der Waals surface area (Å²) in [5, 5.41) is 11.3. The van der Waals surface area contributed by atoms with Gasteiger partial charge in [-0.1, -0.05) is 13.0 Å². The standard InChI is InChI=1S/C23H29F3N2O3/c1-3-9-27-11-7-22(8-12-27)19(15(2)21(30)31-22)20(29)28-10-6-16-4-5-18(23(24,25)26)13-17(16)14-28/h4-5,13,20,29H,3,6-12,14H2,1-2H3. The van der Waals surface area contributed by atoms with Crippen LogP contribution in [0.2, 0.25) is 0 Å². The van der Waals surface area contributed by atoms with E-state index in [0.717, 1.165) is 37.7 Å². The van der Waals surface area contributed by atoms with E-state index in [-0.39, 0.29) is 6.54 Å². The van der Waals surface area contributed by atoms with Gasteiger partial charge in [0.05, 0.1) is 5.56 Å². The molecule has 1 unspecified atom stereocenters. The molecular weight excluding hydrogens is 409 g/mol. The number of carbonyl (C=O) groups is 1. The molecule has 1 saturated heterocycles. The number of carbonyl (C=O) groups excluding carboxylic acids is 1. The van der Waals surface area contributed by atoms with Gasteiger partial charge in [0, 0.05) is 50.2 Å². The van der Waals surface area contributed by atoms with Gasteiger partial charge in [-0.25, -0.2) is 4.79 Å². The van der Waals surface area contributed by atoms with Crippen molar-refractivity contribution >= 4 is 5.97 Å². The van der Waals surface area contributed by atoms with Crippen LogP contribution in [0.25, 0.3) is 0 Å². The third-order valence-corrected chi connectivity index (χ3v) is 6.87. The quantitative estimate of drug-likeness (QED) is 0.730. The van der Waals surface area contributed by atoms with Crippen LogP contribution >= 0.6 is 0 Å². The maximum atomic E-state index is 13.2. The summed E-state index contributed by atoms with van der Waals surface area (Å²) in [4.78, 5) is 16.5. The molecule has 0 saturated carbocycles. The fourth-order valence-electron chi connectivity index (χ4n) is 5.16. The molecule has 3 aliphatic rings. The summed E-state index contributed by atoms with van der Waals surface area (Å²) in [5.41, 5.74) is 0.935. The van der Waals surface area contributed by atoms with Gasteiger partial charge >= 0.3 is 12.1 Å². The molecule has 0 amide bonds. The molecule has 8 heteroatoms. The first-order chi connectivity index (χ1) is 14.6. The summed E-state index contributed by atoms with van der Waals surface area (Å²) in [6, 6.07) is 3.81. The average molecular weight is 438 g/mol. The van der Waals surface area contributed by atoms with Crippen LogP contribution in [-0.4, -0.2) is 58.9 Å². The number of ether oxygens (including phenoxy) is 1. The summed E-state index contributed by atoms with van der Waals surface area (Å²) in [6.45, 7) is 7.04. The highest BCUT2D eigenvalue weighted by Crippen LogP contribution is 2.44. The minimum Gasteiger partial charge on any atom is -0.451 e. The number of hydrogen-bond acceptors (Lipinski definition) is 5. The lowest BCUT2D eigenvalue weighted by molar-refractivity contribution is -0.152. The van der Waals surface area contributed by atoms with Gasteiger partial charge in [-0.05, 0) is 49.6 Å². The summed E-state index contributed by atoms with van der Waals surface area (Å²) in [5.74, 6) is -0.408. The lowest BCUT2D eigenvalue weighted by Gasteiger charge is -2.43. The molecule has 170 valence electrons. The Hall–Kier alpha value is -1.90. The van der Waals surface area contributed by atoms with Gasteiger partial charge < -0.3 is 14.7 Å². The largest absolute Gasteiger partial charge is 0.451 e. The van der Waals surface area contributed by atoms with Crippen LogP contribution in [0.1, 0.15) is 49.8 Å². The van der Waals surface area contributed by atoms with Gasteiger partial charge in [0.2, 0.25) is 0 Å². The fourth-order valence-corrected chi connectivity index (χ4v) is 5.16. The first-order valence-electron chi connectivity index (χ1n) is 10.9.